The van der Waals surface area contributed by atoms with Gasteiger partial charge in [0.15, 0.2) is 0 Å². The first kappa shape index (κ1) is 12.6. The molecule has 0 spiro atoms. The van der Waals surface area contributed by atoms with Crippen molar-refractivity contribution in [3.05, 3.63) is 35.8 Å². The largest absolute Gasteiger partial charge is 0.391 e. The van der Waals surface area contributed by atoms with E-state index in [0.717, 1.165) is 31.0 Å². The smallest absolute Gasteiger partial charge is 0.137 e. The lowest BCUT2D eigenvalue weighted by Gasteiger charge is -2.14. The van der Waals surface area contributed by atoms with Crippen LogP contribution in [0.25, 0.3) is 5.65 Å². The Morgan fingerprint density at radius 1 is 1.47 bits per heavy atom. The van der Waals surface area contributed by atoms with E-state index in [1.807, 2.05) is 18.3 Å². The molecule has 1 aliphatic heterocycles. The summed E-state index contributed by atoms with van der Waals surface area (Å²) >= 11 is 0. The number of imidazole rings is 1. The van der Waals surface area contributed by atoms with E-state index in [4.69, 9.17) is 0 Å². The van der Waals surface area contributed by atoms with Crippen LogP contribution in [0.3, 0.4) is 0 Å². The van der Waals surface area contributed by atoms with Crippen molar-refractivity contribution in [1.82, 2.24) is 20.0 Å². The molecular weight excluding hydrogens is 240 g/mol. The molecule has 3 heterocycles. The number of pyridine rings is 1. The minimum Gasteiger partial charge on any atom is -0.391 e. The number of hydrogen-bond donors (Lipinski definition) is 3. The zero-order valence-electron chi connectivity index (χ0n) is 11.1. The SMILES string of the molecule is Cc1cccc2ncc(CNCC3CNCC3O)n12. The Bertz CT molecular complexity index is 566. The molecule has 0 radical (unpaired) electrons. The summed E-state index contributed by atoms with van der Waals surface area (Å²) in [6.07, 6.45) is 1.69. The van der Waals surface area contributed by atoms with Crippen molar-refractivity contribution in [2.45, 2.75) is 19.6 Å². The van der Waals surface area contributed by atoms with E-state index in [9.17, 15) is 5.11 Å². The summed E-state index contributed by atoms with van der Waals surface area (Å²) in [7, 11) is 0. The van der Waals surface area contributed by atoms with Gasteiger partial charge >= 0.3 is 0 Å². The van der Waals surface area contributed by atoms with E-state index < -0.39 is 0 Å². The van der Waals surface area contributed by atoms with Gasteiger partial charge in [0.05, 0.1) is 18.0 Å². The summed E-state index contributed by atoms with van der Waals surface area (Å²) in [5.41, 5.74) is 3.34. The summed E-state index contributed by atoms with van der Waals surface area (Å²) < 4.78 is 2.16. The van der Waals surface area contributed by atoms with Crippen LogP contribution in [-0.2, 0) is 6.54 Å². The van der Waals surface area contributed by atoms with Gasteiger partial charge in [0.1, 0.15) is 5.65 Å². The number of aryl methyl sites for hydroxylation is 1. The maximum absolute atomic E-state index is 9.74. The lowest BCUT2D eigenvalue weighted by atomic mass is 10.1. The van der Waals surface area contributed by atoms with Gasteiger partial charge in [-0.25, -0.2) is 4.98 Å². The molecule has 0 amide bonds. The van der Waals surface area contributed by atoms with Crippen molar-refractivity contribution in [2.75, 3.05) is 19.6 Å². The van der Waals surface area contributed by atoms with Crippen LogP contribution in [0.15, 0.2) is 24.4 Å². The Kier molecular flexibility index (Phi) is 3.50. The normalized spacial score (nSPS) is 23.3. The Balaban J connectivity index is 1.65. The minimum absolute atomic E-state index is 0.226. The van der Waals surface area contributed by atoms with Crippen molar-refractivity contribution >= 4 is 5.65 Å². The van der Waals surface area contributed by atoms with Crippen molar-refractivity contribution in [1.29, 1.82) is 0 Å². The number of nitrogens with one attached hydrogen (secondary N) is 2. The highest BCUT2D eigenvalue weighted by molar-refractivity contribution is 5.42. The van der Waals surface area contributed by atoms with Crippen LogP contribution in [-0.4, -0.2) is 40.2 Å². The van der Waals surface area contributed by atoms with Gasteiger partial charge in [-0.3, -0.25) is 0 Å². The Labute approximate surface area is 112 Å². The quantitative estimate of drug-likeness (QED) is 0.740. The van der Waals surface area contributed by atoms with Gasteiger partial charge in [-0.1, -0.05) is 6.07 Å². The van der Waals surface area contributed by atoms with Crippen LogP contribution in [0.5, 0.6) is 0 Å². The molecule has 1 saturated heterocycles. The van der Waals surface area contributed by atoms with Gasteiger partial charge in [0, 0.05) is 37.8 Å². The number of β-amino-alcohol motifs (C(OH)–C–C–N with tert-alkyl or cyclic N) is 1. The number of aromatic nitrogens is 2. The molecule has 2 atom stereocenters. The molecule has 2 aromatic heterocycles. The van der Waals surface area contributed by atoms with E-state index >= 15 is 0 Å². The summed E-state index contributed by atoms with van der Waals surface area (Å²) in [5.74, 6) is 0.306. The van der Waals surface area contributed by atoms with Crippen molar-refractivity contribution in [3.63, 3.8) is 0 Å². The molecule has 19 heavy (non-hydrogen) atoms. The lowest BCUT2D eigenvalue weighted by Crippen LogP contribution is -2.30. The number of rotatable bonds is 4. The second kappa shape index (κ2) is 5.28. The first-order valence-corrected chi connectivity index (χ1v) is 6.77. The minimum atomic E-state index is -0.226. The highest BCUT2D eigenvalue weighted by Gasteiger charge is 2.24. The molecule has 3 N–H and O–H groups in total. The van der Waals surface area contributed by atoms with E-state index in [1.165, 1.54) is 5.69 Å². The zero-order valence-corrected chi connectivity index (χ0v) is 11.1. The molecule has 1 aliphatic rings. The molecular formula is C14H20N4O. The highest BCUT2D eigenvalue weighted by Crippen LogP contribution is 2.11. The van der Waals surface area contributed by atoms with Crippen LogP contribution < -0.4 is 10.6 Å². The number of hydrogen-bond acceptors (Lipinski definition) is 4. The predicted molar refractivity (Wildman–Crippen MR) is 74.0 cm³/mol. The second-order valence-electron chi connectivity index (χ2n) is 5.23. The summed E-state index contributed by atoms with van der Waals surface area (Å²) in [6, 6.07) is 6.12. The molecule has 2 unspecified atom stereocenters. The monoisotopic (exact) mass is 260 g/mol. The van der Waals surface area contributed by atoms with Gasteiger partial charge < -0.3 is 20.1 Å². The molecule has 0 aromatic carbocycles. The standard InChI is InChI=1S/C14H20N4O/c1-10-3-2-4-14-17-8-12(18(10)14)7-15-5-11-6-16-9-13(11)19/h2-4,8,11,13,15-16,19H,5-7,9H2,1H3. The van der Waals surface area contributed by atoms with Crippen LogP contribution in [0.4, 0.5) is 0 Å². The fraction of sp³-hybridized carbons (Fsp3) is 0.500. The highest BCUT2D eigenvalue weighted by atomic mass is 16.3. The van der Waals surface area contributed by atoms with Gasteiger partial charge in [-0.15, -0.1) is 0 Å². The Morgan fingerprint density at radius 3 is 3.16 bits per heavy atom. The maximum atomic E-state index is 9.74. The van der Waals surface area contributed by atoms with Crippen LogP contribution in [0, 0.1) is 12.8 Å². The molecule has 3 rings (SSSR count). The first-order chi connectivity index (χ1) is 9.25. The Morgan fingerprint density at radius 2 is 2.37 bits per heavy atom. The molecule has 5 nitrogen and oxygen atoms in total. The van der Waals surface area contributed by atoms with Gasteiger partial charge in [0.25, 0.3) is 0 Å². The average molecular weight is 260 g/mol. The van der Waals surface area contributed by atoms with Crippen LogP contribution in [0.1, 0.15) is 11.4 Å². The average Bonchev–Trinajstić information content (AvgIpc) is 2.98. The third-order valence-electron chi connectivity index (χ3n) is 3.81. The van der Waals surface area contributed by atoms with E-state index in [-0.39, 0.29) is 6.10 Å². The molecule has 2 aromatic rings. The summed E-state index contributed by atoms with van der Waals surface area (Å²) in [6.45, 7) is 5.28. The van der Waals surface area contributed by atoms with Crippen LogP contribution >= 0.6 is 0 Å². The van der Waals surface area contributed by atoms with E-state index in [1.54, 1.807) is 0 Å². The topological polar surface area (TPSA) is 61.6 Å². The van der Waals surface area contributed by atoms with E-state index in [2.05, 4.69) is 33.0 Å². The number of nitrogens with zero attached hydrogens (tertiary/aromatic N) is 2. The van der Waals surface area contributed by atoms with E-state index in [0.29, 0.717) is 12.5 Å². The molecule has 5 heteroatoms. The molecule has 0 aliphatic carbocycles. The number of fused-ring (bicyclic) bond motifs is 1. The third-order valence-corrected chi connectivity index (χ3v) is 3.81. The molecule has 0 saturated carbocycles. The summed E-state index contributed by atoms with van der Waals surface area (Å²) in [4.78, 5) is 4.41. The maximum Gasteiger partial charge on any atom is 0.137 e. The molecule has 102 valence electrons. The fourth-order valence-electron chi connectivity index (χ4n) is 2.71. The number of aliphatic hydroxyl groups excluding tert-OH is 1. The summed E-state index contributed by atoms with van der Waals surface area (Å²) in [5, 5.41) is 16.4. The van der Waals surface area contributed by atoms with Crippen molar-refractivity contribution < 1.29 is 5.11 Å². The van der Waals surface area contributed by atoms with Crippen molar-refractivity contribution in [3.8, 4) is 0 Å². The zero-order chi connectivity index (χ0) is 13.2. The van der Waals surface area contributed by atoms with Crippen molar-refractivity contribution in [2.24, 2.45) is 5.92 Å². The van der Waals surface area contributed by atoms with Gasteiger partial charge in [0.2, 0.25) is 0 Å². The second-order valence-corrected chi connectivity index (χ2v) is 5.23. The number of aliphatic hydroxyl groups is 1. The first-order valence-electron chi connectivity index (χ1n) is 6.77. The molecule has 1 fully saturated rings. The van der Waals surface area contributed by atoms with Crippen LogP contribution in [0.2, 0.25) is 0 Å². The Hall–Kier alpha value is -1.43. The third kappa shape index (κ3) is 2.49. The molecule has 0 bridgehead atoms. The van der Waals surface area contributed by atoms with Gasteiger partial charge in [-0.05, 0) is 19.1 Å². The van der Waals surface area contributed by atoms with Gasteiger partial charge in [-0.2, -0.15) is 0 Å². The fourth-order valence-corrected chi connectivity index (χ4v) is 2.71. The lowest BCUT2D eigenvalue weighted by molar-refractivity contribution is 0.146. The predicted octanol–water partition coefficient (Wildman–Crippen LogP) is 0.313.